The van der Waals surface area contributed by atoms with E-state index in [1.54, 1.807) is 0 Å². The molecule has 1 atom stereocenters. The molecule has 24 heavy (non-hydrogen) atoms. The number of nitrogens with two attached hydrogens (primary N) is 2. The average molecular weight is 336 g/mol. The minimum Gasteiger partial charge on any atom is -0.370 e. The SMILES string of the molecule is CC(=O)N[C@H](CCCN=C(N)N)C(=O)Nc1ccc([N+](=O)[O-])cc1. The molecule has 1 aromatic carbocycles. The first-order valence-electron chi connectivity index (χ1n) is 7.17. The maximum atomic E-state index is 12.3. The van der Waals surface area contributed by atoms with Gasteiger partial charge in [0.1, 0.15) is 6.04 Å². The number of nitrogens with zero attached hydrogens (tertiary/aromatic N) is 2. The van der Waals surface area contributed by atoms with Gasteiger partial charge in [0.25, 0.3) is 5.69 Å². The van der Waals surface area contributed by atoms with Crippen LogP contribution in [-0.4, -0.2) is 35.3 Å². The van der Waals surface area contributed by atoms with E-state index >= 15 is 0 Å². The van der Waals surface area contributed by atoms with Crippen molar-refractivity contribution in [2.24, 2.45) is 16.5 Å². The third-order valence-electron chi connectivity index (χ3n) is 2.98. The van der Waals surface area contributed by atoms with Gasteiger partial charge in [-0.3, -0.25) is 24.7 Å². The second-order valence-electron chi connectivity index (χ2n) is 5.00. The summed E-state index contributed by atoms with van der Waals surface area (Å²) in [5, 5.41) is 15.8. The molecule has 0 fully saturated rings. The Bertz CT molecular complexity index is 625. The summed E-state index contributed by atoms with van der Waals surface area (Å²) in [7, 11) is 0. The van der Waals surface area contributed by atoms with Gasteiger partial charge in [0.15, 0.2) is 5.96 Å². The molecule has 1 rings (SSSR count). The fourth-order valence-corrected chi connectivity index (χ4v) is 1.91. The summed E-state index contributed by atoms with van der Waals surface area (Å²) >= 11 is 0. The lowest BCUT2D eigenvalue weighted by Crippen LogP contribution is -2.43. The maximum Gasteiger partial charge on any atom is 0.269 e. The number of rotatable bonds is 8. The van der Waals surface area contributed by atoms with Crippen LogP contribution in [0.2, 0.25) is 0 Å². The molecular weight excluding hydrogens is 316 g/mol. The lowest BCUT2D eigenvalue weighted by Gasteiger charge is -2.17. The van der Waals surface area contributed by atoms with E-state index in [9.17, 15) is 19.7 Å². The second kappa shape index (κ2) is 9.08. The topological polar surface area (TPSA) is 166 Å². The highest BCUT2D eigenvalue weighted by Gasteiger charge is 2.19. The van der Waals surface area contributed by atoms with Crippen molar-refractivity contribution >= 4 is 29.1 Å². The largest absolute Gasteiger partial charge is 0.370 e. The Hall–Kier alpha value is -3.17. The van der Waals surface area contributed by atoms with Crippen LogP contribution in [0.1, 0.15) is 19.8 Å². The Labute approximate surface area is 138 Å². The molecule has 0 aliphatic rings. The summed E-state index contributed by atoms with van der Waals surface area (Å²) in [4.78, 5) is 37.4. The van der Waals surface area contributed by atoms with Gasteiger partial charge in [0, 0.05) is 31.3 Å². The van der Waals surface area contributed by atoms with Gasteiger partial charge in [-0.2, -0.15) is 0 Å². The second-order valence-corrected chi connectivity index (χ2v) is 5.00. The molecule has 0 aromatic heterocycles. The molecule has 2 amide bonds. The van der Waals surface area contributed by atoms with Crippen molar-refractivity contribution in [2.75, 3.05) is 11.9 Å². The Morgan fingerprint density at radius 1 is 1.29 bits per heavy atom. The number of benzene rings is 1. The molecule has 0 saturated carbocycles. The summed E-state index contributed by atoms with van der Waals surface area (Å²) in [6.45, 7) is 1.64. The normalized spacial score (nSPS) is 11.2. The number of guanidine groups is 1. The van der Waals surface area contributed by atoms with Gasteiger partial charge in [-0.15, -0.1) is 0 Å². The van der Waals surface area contributed by atoms with E-state index in [4.69, 9.17) is 11.5 Å². The first-order valence-corrected chi connectivity index (χ1v) is 7.17. The lowest BCUT2D eigenvalue weighted by molar-refractivity contribution is -0.384. The molecule has 6 N–H and O–H groups in total. The van der Waals surface area contributed by atoms with E-state index in [0.717, 1.165) is 0 Å². The number of amides is 2. The monoisotopic (exact) mass is 336 g/mol. The number of aliphatic imine (C=N–C) groups is 1. The Balaban J connectivity index is 2.67. The zero-order chi connectivity index (χ0) is 18.1. The zero-order valence-corrected chi connectivity index (χ0v) is 13.2. The third-order valence-corrected chi connectivity index (χ3v) is 2.98. The third kappa shape index (κ3) is 6.73. The fourth-order valence-electron chi connectivity index (χ4n) is 1.91. The van der Waals surface area contributed by atoms with Gasteiger partial charge >= 0.3 is 0 Å². The minimum absolute atomic E-state index is 0.0404. The summed E-state index contributed by atoms with van der Waals surface area (Å²) < 4.78 is 0. The molecule has 0 radical (unpaired) electrons. The summed E-state index contributed by atoms with van der Waals surface area (Å²) in [5.74, 6) is -0.814. The smallest absolute Gasteiger partial charge is 0.269 e. The first-order chi connectivity index (χ1) is 11.3. The van der Waals surface area contributed by atoms with E-state index in [1.165, 1.54) is 31.2 Å². The first kappa shape index (κ1) is 18.9. The van der Waals surface area contributed by atoms with Gasteiger partial charge in [-0.1, -0.05) is 0 Å². The fraction of sp³-hybridized carbons (Fsp3) is 0.357. The van der Waals surface area contributed by atoms with Crippen molar-refractivity contribution in [1.82, 2.24) is 5.32 Å². The standard InChI is InChI=1S/C14H20N6O4/c1-9(21)18-12(3-2-8-17-14(15)16)13(22)19-10-4-6-11(7-5-10)20(23)24/h4-7,12H,2-3,8H2,1H3,(H,18,21)(H,19,22)(H4,15,16,17)/t12-/m1/s1. The quantitative estimate of drug-likeness (QED) is 0.173. The van der Waals surface area contributed by atoms with Crippen LogP contribution in [0.4, 0.5) is 11.4 Å². The van der Waals surface area contributed by atoms with Crippen LogP contribution in [0.5, 0.6) is 0 Å². The van der Waals surface area contributed by atoms with Crippen molar-refractivity contribution in [3.63, 3.8) is 0 Å². The van der Waals surface area contributed by atoms with Gasteiger partial charge in [-0.25, -0.2) is 0 Å². The molecule has 0 aliphatic carbocycles. The van der Waals surface area contributed by atoms with Crippen LogP contribution in [0, 0.1) is 10.1 Å². The molecule has 0 saturated heterocycles. The summed E-state index contributed by atoms with van der Waals surface area (Å²) in [5.41, 5.74) is 10.7. The number of hydrogen-bond donors (Lipinski definition) is 4. The van der Waals surface area contributed by atoms with Gasteiger partial charge in [-0.05, 0) is 25.0 Å². The molecule has 130 valence electrons. The highest BCUT2D eigenvalue weighted by Crippen LogP contribution is 2.16. The number of nitro benzene ring substituents is 1. The van der Waals surface area contributed by atoms with E-state index in [2.05, 4.69) is 15.6 Å². The van der Waals surface area contributed by atoms with Crippen LogP contribution in [0.25, 0.3) is 0 Å². The van der Waals surface area contributed by atoms with E-state index in [1.807, 2.05) is 0 Å². The summed E-state index contributed by atoms with van der Waals surface area (Å²) in [6, 6.07) is 4.64. The number of nitro groups is 1. The van der Waals surface area contributed by atoms with Crippen molar-refractivity contribution in [2.45, 2.75) is 25.8 Å². The molecule has 10 heteroatoms. The number of hydrogen-bond acceptors (Lipinski definition) is 5. The van der Waals surface area contributed by atoms with Crippen LogP contribution < -0.4 is 22.1 Å². The van der Waals surface area contributed by atoms with Crippen LogP contribution >= 0.6 is 0 Å². The van der Waals surface area contributed by atoms with E-state index < -0.39 is 16.9 Å². The van der Waals surface area contributed by atoms with Crippen molar-refractivity contribution in [3.05, 3.63) is 34.4 Å². The van der Waals surface area contributed by atoms with Crippen LogP contribution in [0.15, 0.2) is 29.3 Å². The number of carbonyl (C=O) groups is 2. The Morgan fingerprint density at radius 2 is 1.92 bits per heavy atom. The Morgan fingerprint density at radius 3 is 2.42 bits per heavy atom. The van der Waals surface area contributed by atoms with E-state index in [0.29, 0.717) is 25.1 Å². The van der Waals surface area contributed by atoms with E-state index in [-0.39, 0.29) is 17.6 Å². The van der Waals surface area contributed by atoms with Gasteiger partial charge in [0.05, 0.1) is 4.92 Å². The van der Waals surface area contributed by atoms with Crippen LogP contribution in [-0.2, 0) is 9.59 Å². The minimum atomic E-state index is -0.758. The molecule has 10 nitrogen and oxygen atoms in total. The van der Waals surface area contributed by atoms with Gasteiger partial charge in [0.2, 0.25) is 11.8 Å². The van der Waals surface area contributed by atoms with Crippen LogP contribution in [0.3, 0.4) is 0 Å². The van der Waals surface area contributed by atoms with Crippen molar-refractivity contribution in [3.8, 4) is 0 Å². The Kier molecular flexibility index (Phi) is 7.14. The number of nitrogens with one attached hydrogen (secondary N) is 2. The predicted octanol–water partition coefficient (Wildman–Crippen LogP) is 0.0916. The molecule has 0 heterocycles. The highest BCUT2D eigenvalue weighted by molar-refractivity contribution is 5.97. The molecule has 0 bridgehead atoms. The lowest BCUT2D eigenvalue weighted by atomic mass is 10.1. The molecule has 0 unspecified atom stereocenters. The summed E-state index contributed by atoms with van der Waals surface area (Å²) in [6.07, 6.45) is 0.839. The number of anilines is 1. The zero-order valence-electron chi connectivity index (χ0n) is 13.2. The molecule has 1 aromatic rings. The van der Waals surface area contributed by atoms with Gasteiger partial charge < -0.3 is 22.1 Å². The van der Waals surface area contributed by atoms with Crippen molar-refractivity contribution in [1.29, 1.82) is 0 Å². The average Bonchev–Trinajstić information content (AvgIpc) is 2.50. The molecular formula is C14H20N6O4. The molecule has 0 spiro atoms. The number of non-ortho nitro benzene ring substituents is 1. The highest BCUT2D eigenvalue weighted by atomic mass is 16.6. The maximum absolute atomic E-state index is 12.3. The number of carbonyl (C=O) groups excluding carboxylic acids is 2. The molecule has 0 aliphatic heterocycles. The predicted molar refractivity (Wildman–Crippen MR) is 89.2 cm³/mol. The van der Waals surface area contributed by atoms with Crippen molar-refractivity contribution < 1.29 is 14.5 Å².